The van der Waals surface area contributed by atoms with Crippen LogP contribution in [0.1, 0.15) is 32.8 Å². The molecule has 0 aliphatic rings. The fraction of sp³-hybridized carbons (Fsp3) is 0.538. The molecule has 0 heterocycles. The maximum atomic E-state index is 11.8. The highest BCUT2D eigenvalue weighted by Crippen LogP contribution is 2.29. The Morgan fingerprint density at radius 2 is 1.83 bits per heavy atom. The molecule has 0 saturated carbocycles. The summed E-state index contributed by atoms with van der Waals surface area (Å²) in [6.45, 7) is 5.98. The first kappa shape index (κ1) is 15.0. The highest BCUT2D eigenvalue weighted by Gasteiger charge is 2.20. The summed E-state index contributed by atoms with van der Waals surface area (Å²) in [5.41, 5.74) is 1.44. The third-order valence-corrected chi connectivity index (χ3v) is 3.93. The first-order chi connectivity index (χ1) is 8.26. The van der Waals surface area contributed by atoms with Crippen molar-refractivity contribution in [3.05, 3.63) is 29.8 Å². The molecule has 1 aromatic carbocycles. The van der Waals surface area contributed by atoms with E-state index in [1.807, 2.05) is 32.9 Å². The van der Waals surface area contributed by atoms with E-state index in [9.17, 15) is 8.42 Å². The summed E-state index contributed by atoms with van der Waals surface area (Å²) < 4.78 is 26.2. The van der Waals surface area contributed by atoms with Crippen LogP contribution >= 0.6 is 0 Å². The topological polar surface area (TPSA) is 66.4 Å². The summed E-state index contributed by atoms with van der Waals surface area (Å²) in [4.78, 5) is 0. The molecule has 0 amide bonds. The molecule has 102 valence electrons. The summed E-state index contributed by atoms with van der Waals surface area (Å²) in [5.74, 6) is -0.0675. The average Bonchev–Trinajstić information content (AvgIpc) is 2.25. The number of aliphatic hydroxyl groups is 1. The Morgan fingerprint density at radius 3 is 2.39 bits per heavy atom. The fourth-order valence-corrected chi connectivity index (χ4v) is 2.82. The summed E-state index contributed by atoms with van der Waals surface area (Å²) in [6.07, 6.45) is 0.243. The van der Waals surface area contributed by atoms with Gasteiger partial charge in [0.05, 0.1) is 11.4 Å². The van der Waals surface area contributed by atoms with Gasteiger partial charge in [0.15, 0.2) is 0 Å². The van der Waals surface area contributed by atoms with Crippen LogP contribution in [-0.4, -0.2) is 25.9 Å². The Hall–Kier alpha value is -1.07. The van der Waals surface area contributed by atoms with E-state index in [-0.39, 0.29) is 24.2 Å². The van der Waals surface area contributed by atoms with Gasteiger partial charge in [-0.3, -0.25) is 4.72 Å². The second kappa shape index (κ2) is 5.71. The predicted octanol–water partition coefficient (Wildman–Crippen LogP) is 2.11. The van der Waals surface area contributed by atoms with Crippen molar-refractivity contribution in [2.45, 2.75) is 32.6 Å². The third-order valence-electron chi connectivity index (χ3n) is 2.57. The van der Waals surface area contributed by atoms with Crippen LogP contribution in [0.25, 0.3) is 0 Å². The molecule has 18 heavy (non-hydrogen) atoms. The van der Waals surface area contributed by atoms with Crippen molar-refractivity contribution in [2.24, 2.45) is 0 Å². The van der Waals surface area contributed by atoms with Gasteiger partial charge in [0.1, 0.15) is 0 Å². The molecule has 0 aromatic heterocycles. The first-order valence-corrected chi connectivity index (χ1v) is 7.62. The van der Waals surface area contributed by atoms with E-state index in [1.54, 1.807) is 12.1 Å². The molecule has 0 radical (unpaired) electrons. The Morgan fingerprint density at radius 1 is 1.22 bits per heavy atom. The van der Waals surface area contributed by atoms with Crippen LogP contribution in [0, 0.1) is 0 Å². The minimum absolute atomic E-state index is 0.0675. The molecule has 0 saturated heterocycles. The van der Waals surface area contributed by atoms with Gasteiger partial charge in [-0.1, -0.05) is 39.0 Å². The van der Waals surface area contributed by atoms with Gasteiger partial charge >= 0.3 is 0 Å². The lowest BCUT2D eigenvalue weighted by Gasteiger charge is -2.23. The van der Waals surface area contributed by atoms with E-state index in [1.165, 1.54) is 0 Å². The molecule has 5 heteroatoms. The largest absolute Gasteiger partial charge is 0.396 e. The second-order valence-electron chi connectivity index (χ2n) is 5.29. The van der Waals surface area contributed by atoms with Gasteiger partial charge in [-0.25, -0.2) is 8.42 Å². The number of hydrogen-bond donors (Lipinski definition) is 2. The van der Waals surface area contributed by atoms with Crippen molar-refractivity contribution in [2.75, 3.05) is 17.1 Å². The number of para-hydroxylation sites is 1. The lowest BCUT2D eigenvalue weighted by Crippen LogP contribution is -2.21. The zero-order valence-corrected chi connectivity index (χ0v) is 11.9. The maximum absolute atomic E-state index is 11.8. The number of nitrogens with one attached hydrogen (secondary N) is 1. The molecule has 0 atom stereocenters. The Kier molecular flexibility index (Phi) is 4.76. The minimum Gasteiger partial charge on any atom is -0.396 e. The average molecular weight is 271 g/mol. The quantitative estimate of drug-likeness (QED) is 0.862. The molecular weight excluding hydrogens is 250 g/mol. The molecule has 0 fully saturated rings. The van der Waals surface area contributed by atoms with E-state index in [4.69, 9.17) is 5.11 Å². The monoisotopic (exact) mass is 271 g/mol. The molecule has 4 nitrogen and oxygen atoms in total. The van der Waals surface area contributed by atoms with Crippen LogP contribution in [0.2, 0.25) is 0 Å². The standard InChI is InChI=1S/C13H21NO3S/c1-13(2,3)11-7-4-5-8-12(11)14-18(16,17)10-6-9-15/h4-5,7-8,14-15H,6,9-10H2,1-3H3. The van der Waals surface area contributed by atoms with Crippen LogP contribution in [0.15, 0.2) is 24.3 Å². The van der Waals surface area contributed by atoms with Gasteiger partial charge in [0, 0.05) is 6.61 Å². The van der Waals surface area contributed by atoms with Gasteiger partial charge in [0.2, 0.25) is 10.0 Å². The van der Waals surface area contributed by atoms with Crippen LogP contribution in [-0.2, 0) is 15.4 Å². The lowest BCUT2D eigenvalue weighted by molar-refractivity contribution is 0.295. The second-order valence-corrected chi connectivity index (χ2v) is 7.14. The van der Waals surface area contributed by atoms with Gasteiger partial charge in [-0.05, 0) is 23.5 Å². The number of anilines is 1. The van der Waals surface area contributed by atoms with Crippen LogP contribution in [0.5, 0.6) is 0 Å². The molecule has 1 aromatic rings. The van der Waals surface area contributed by atoms with Crippen molar-refractivity contribution in [1.82, 2.24) is 0 Å². The Labute approximate surface area is 109 Å². The Balaban J connectivity index is 2.98. The zero-order chi connectivity index (χ0) is 13.8. The van der Waals surface area contributed by atoms with E-state index >= 15 is 0 Å². The highest BCUT2D eigenvalue weighted by molar-refractivity contribution is 7.92. The summed E-state index contributed by atoms with van der Waals surface area (Å²) in [5, 5.41) is 8.69. The van der Waals surface area contributed by atoms with Crippen molar-refractivity contribution >= 4 is 15.7 Å². The lowest BCUT2D eigenvalue weighted by atomic mass is 9.86. The van der Waals surface area contributed by atoms with Crippen LogP contribution in [0.3, 0.4) is 0 Å². The predicted molar refractivity (Wildman–Crippen MR) is 74.3 cm³/mol. The maximum Gasteiger partial charge on any atom is 0.232 e. The summed E-state index contributed by atoms with van der Waals surface area (Å²) in [7, 11) is -3.39. The molecule has 0 aliphatic carbocycles. The highest BCUT2D eigenvalue weighted by atomic mass is 32.2. The van der Waals surface area contributed by atoms with Crippen molar-refractivity contribution in [3.8, 4) is 0 Å². The normalized spacial score (nSPS) is 12.4. The van der Waals surface area contributed by atoms with E-state index in [0.717, 1.165) is 5.56 Å². The fourth-order valence-electron chi connectivity index (χ4n) is 1.70. The number of benzene rings is 1. The van der Waals surface area contributed by atoms with Gasteiger partial charge in [-0.15, -0.1) is 0 Å². The van der Waals surface area contributed by atoms with Crippen molar-refractivity contribution in [1.29, 1.82) is 0 Å². The van der Waals surface area contributed by atoms with Crippen molar-refractivity contribution in [3.63, 3.8) is 0 Å². The van der Waals surface area contributed by atoms with Crippen LogP contribution < -0.4 is 4.72 Å². The summed E-state index contributed by atoms with van der Waals surface area (Å²) >= 11 is 0. The SMILES string of the molecule is CC(C)(C)c1ccccc1NS(=O)(=O)CCCO. The molecule has 2 N–H and O–H groups in total. The smallest absolute Gasteiger partial charge is 0.232 e. The molecule has 0 spiro atoms. The number of aliphatic hydroxyl groups excluding tert-OH is 1. The van der Waals surface area contributed by atoms with Gasteiger partial charge in [0.25, 0.3) is 0 Å². The van der Waals surface area contributed by atoms with E-state index in [2.05, 4.69) is 4.72 Å². The number of rotatable bonds is 5. The number of hydrogen-bond acceptors (Lipinski definition) is 3. The molecule has 1 rings (SSSR count). The minimum atomic E-state index is -3.39. The van der Waals surface area contributed by atoms with Crippen LogP contribution in [0.4, 0.5) is 5.69 Å². The van der Waals surface area contributed by atoms with Gasteiger partial charge < -0.3 is 5.11 Å². The molecular formula is C13H21NO3S. The molecule has 0 bridgehead atoms. The first-order valence-electron chi connectivity index (χ1n) is 5.97. The third kappa shape index (κ3) is 4.31. The zero-order valence-electron chi connectivity index (χ0n) is 11.1. The van der Waals surface area contributed by atoms with E-state index < -0.39 is 10.0 Å². The summed E-state index contributed by atoms with van der Waals surface area (Å²) in [6, 6.07) is 7.38. The van der Waals surface area contributed by atoms with Crippen molar-refractivity contribution < 1.29 is 13.5 Å². The Bertz CT molecular complexity index is 489. The molecule has 0 aliphatic heterocycles. The van der Waals surface area contributed by atoms with E-state index in [0.29, 0.717) is 5.69 Å². The molecule has 0 unspecified atom stereocenters. The van der Waals surface area contributed by atoms with Gasteiger partial charge in [-0.2, -0.15) is 0 Å². The number of sulfonamides is 1.